The van der Waals surface area contributed by atoms with Crippen LogP contribution in [0.5, 0.6) is 0 Å². The number of anilines is 1. The molecule has 4 nitrogen and oxygen atoms in total. The number of ether oxygens (including phenoxy) is 1. The quantitative estimate of drug-likeness (QED) is 0.815. The number of morpholine rings is 1. The standard InChI is InChI=1S/C15H24N2O2/c1-2-14(12-18)16-11-13-3-5-15(6-4-13)17-7-9-19-10-8-17/h3-6,14,16,18H,2,7-12H2,1H3/t14-/m1/s1. The summed E-state index contributed by atoms with van der Waals surface area (Å²) < 4.78 is 5.36. The zero-order valence-corrected chi connectivity index (χ0v) is 11.6. The fourth-order valence-corrected chi connectivity index (χ4v) is 2.25. The van der Waals surface area contributed by atoms with Gasteiger partial charge in [-0.3, -0.25) is 0 Å². The summed E-state index contributed by atoms with van der Waals surface area (Å²) in [6.07, 6.45) is 0.947. The number of benzene rings is 1. The zero-order valence-electron chi connectivity index (χ0n) is 11.6. The lowest BCUT2D eigenvalue weighted by Gasteiger charge is -2.29. The lowest BCUT2D eigenvalue weighted by atomic mass is 10.1. The maximum Gasteiger partial charge on any atom is 0.0642 e. The van der Waals surface area contributed by atoms with Gasteiger partial charge in [-0.05, 0) is 24.1 Å². The molecule has 0 spiro atoms. The molecule has 1 aromatic rings. The molecule has 0 bridgehead atoms. The van der Waals surface area contributed by atoms with Gasteiger partial charge in [-0.2, -0.15) is 0 Å². The Kier molecular flexibility index (Phi) is 5.63. The van der Waals surface area contributed by atoms with E-state index in [0.717, 1.165) is 39.3 Å². The smallest absolute Gasteiger partial charge is 0.0642 e. The molecule has 1 aromatic carbocycles. The molecule has 0 aliphatic carbocycles. The summed E-state index contributed by atoms with van der Waals surface area (Å²) in [7, 11) is 0. The van der Waals surface area contributed by atoms with Crippen molar-refractivity contribution >= 4 is 5.69 Å². The van der Waals surface area contributed by atoms with Gasteiger partial charge < -0.3 is 20.1 Å². The van der Waals surface area contributed by atoms with Crippen LogP contribution in [0.4, 0.5) is 5.69 Å². The lowest BCUT2D eigenvalue weighted by molar-refractivity contribution is 0.122. The van der Waals surface area contributed by atoms with Gasteiger partial charge in [0.05, 0.1) is 19.8 Å². The molecule has 2 N–H and O–H groups in total. The van der Waals surface area contributed by atoms with Crippen LogP contribution in [0, 0.1) is 0 Å². The molecule has 0 amide bonds. The van der Waals surface area contributed by atoms with Gasteiger partial charge in [-0.1, -0.05) is 19.1 Å². The van der Waals surface area contributed by atoms with Crippen molar-refractivity contribution in [2.45, 2.75) is 25.9 Å². The highest BCUT2D eigenvalue weighted by Crippen LogP contribution is 2.16. The van der Waals surface area contributed by atoms with Gasteiger partial charge in [0.1, 0.15) is 0 Å². The Morgan fingerprint density at radius 3 is 2.53 bits per heavy atom. The second-order valence-electron chi connectivity index (χ2n) is 4.93. The molecule has 1 aliphatic heterocycles. The van der Waals surface area contributed by atoms with Crippen molar-refractivity contribution in [3.05, 3.63) is 29.8 Å². The van der Waals surface area contributed by atoms with Crippen LogP contribution in [-0.4, -0.2) is 44.1 Å². The van der Waals surface area contributed by atoms with Crippen LogP contribution in [0.2, 0.25) is 0 Å². The normalized spacial score (nSPS) is 17.5. The molecule has 1 aliphatic rings. The number of hydrogen-bond donors (Lipinski definition) is 2. The maximum atomic E-state index is 9.14. The van der Waals surface area contributed by atoms with E-state index in [2.05, 4.69) is 41.4 Å². The molecule has 19 heavy (non-hydrogen) atoms. The van der Waals surface area contributed by atoms with E-state index in [1.165, 1.54) is 11.3 Å². The van der Waals surface area contributed by atoms with Crippen LogP contribution in [0.3, 0.4) is 0 Å². The summed E-state index contributed by atoms with van der Waals surface area (Å²) in [5.74, 6) is 0. The summed E-state index contributed by atoms with van der Waals surface area (Å²) in [5.41, 5.74) is 2.52. The minimum atomic E-state index is 0.193. The van der Waals surface area contributed by atoms with E-state index in [0.29, 0.717) is 0 Å². The molecule has 1 heterocycles. The minimum Gasteiger partial charge on any atom is -0.395 e. The number of nitrogens with one attached hydrogen (secondary N) is 1. The van der Waals surface area contributed by atoms with E-state index in [9.17, 15) is 0 Å². The van der Waals surface area contributed by atoms with Crippen molar-refractivity contribution < 1.29 is 9.84 Å². The van der Waals surface area contributed by atoms with Gasteiger partial charge in [0, 0.05) is 31.4 Å². The summed E-state index contributed by atoms with van der Waals surface area (Å²) in [6.45, 7) is 6.66. The van der Waals surface area contributed by atoms with E-state index in [1.807, 2.05) is 0 Å². The van der Waals surface area contributed by atoms with Crippen LogP contribution in [-0.2, 0) is 11.3 Å². The maximum absolute atomic E-state index is 9.14. The zero-order chi connectivity index (χ0) is 13.5. The second-order valence-corrected chi connectivity index (χ2v) is 4.93. The highest BCUT2D eigenvalue weighted by atomic mass is 16.5. The van der Waals surface area contributed by atoms with Gasteiger partial charge in [0.25, 0.3) is 0 Å². The number of aliphatic hydroxyl groups is 1. The summed E-state index contributed by atoms with van der Waals surface area (Å²) >= 11 is 0. The molecule has 0 saturated carbocycles. The molecular formula is C15H24N2O2. The van der Waals surface area contributed by atoms with Crippen LogP contribution < -0.4 is 10.2 Å². The van der Waals surface area contributed by atoms with E-state index in [-0.39, 0.29) is 12.6 Å². The molecule has 4 heteroatoms. The third-order valence-electron chi connectivity index (χ3n) is 3.62. The summed E-state index contributed by atoms with van der Waals surface area (Å²) in [4.78, 5) is 2.35. The Bertz CT molecular complexity index is 357. The molecule has 0 unspecified atom stereocenters. The predicted octanol–water partition coefficient (Wildman–Crippen LogP) is 1.38. The molecule has 1 fully saturated rings. The highest BCUT2D eigenvalue weighted by molar-refractivity contribution is 5.47. The van der Waals surface area contributed by atoms with E-state index < -0.39 is 0 Å². The third-order valence-corrected chi connectivity index (χ3v) is 3.62. The average molecular weight is 264 g/mol. The number of hydrogen-bond acceptors (Lipinski definition) is 4. The van der Waals surface area contributed by atoms with E-state index >= 15 is 0 Å². The fraction of sp³-hybridized carbons (Fsp3) is 0.600. The number of nitrogens with zero attached hydrogens (tertiary/aromatic N) is 1. The first-order valence-corrected chi connectivity index (χ1v) is 7.09. The molecule has 1 atom stereocenters. The van der Waals surface area contributed by atoms with Crippen molar-refractivity contribution in [3.63, 3.8) is 0 Å². The lowest BCUT2D eigenvalue weighted by Crippen LogP contribution is -2.36. The first-order valence-electron chi connectivity index (χ1n) is 7.09. The first-order chi connectivity index (χ1) is 9.33. The molecule has 0 radical (unpaired) electrons. The summed E-state index contributed by atoms with van der Waals surface area (Å²) in [5, 5.41) is 12.5. The number of rotatable bonds is 6. The number of aliphatic hydroxyl groups excluding tert-OH is 1. The third kappa shape index (κ3) is 4.20. The van der Waals surface area contributed by atoms with Gasteiger partial charge in [0.2, 0.25) is 0 Å². The van der Waals surface area contributed by atoms with Crippen molar-refractivity contribution in [1.82, 2.24) is 5.32 Å². The van der Waals surface area contributed by atoms with E-state index in [1.54, 1.807) is 0 Å². The van der Waals surface area contributed by atoms with Gasteiger partial charge in [-0.15, -0.1) is 0 Å². The van der Waals surface area contributed by atoms with Gasteiger partial charge >= 0.3 is 0 Å². The largest absolute Gasteiger partial charge is 0.395 e. The van der Waals surface area contributed by atoms with Gasteiger partial charge in [0.15, 0.2) is 0 Å². The Morgan fingerprint density at radius 1 is 1.26 bits per heavy atom. The van der Waals surface area contributed by atoms with Crippen molar-refractivity contribution in [2.75, 3.05) is 37.8 Å². The van der Waals surface area contributed by atoms with Crippen molar-refractivity contribution in [1.29, 1.82) is 0 Å². The fourth-order valence-electron chi connectivity index (χ4n) is 2.25. The predicted molar refractivity (Wildman–Crippen MR) is 77.5 cm³/mol. The molecule has 2 rings (SSSR count). The Balaban J connectivity index is 1.87. The minimum absolute atomic E-state index is 0.193. The Hall–Kier alpha value is -1.10. The van der Waals surface area contributed by atoms with Crippen LogP contribution in [0.25, 0.3) is 0 Å². The van der Waals surface area contributed by atoms with Crippen molar-refractivity contribution in [2.24, 2.45) is 0 Å². The monoisotopic (exact) mass is 264 g/mol. The summed E-state index contributed by atoms with van der Waals surface area (Å²) in [6, 6.07) is 8.84. The first kappa shape index (κ1) is 14.3. The Morgan fingerprint density at radius 2 is 1.95 bits per heavy atom. The molecular weight excluding hydrogens is 240 g/mol. The van der Waals surface area contributed by atoms with Crippen LogP contribution >= 0.6 is 0 Å². The Labute approximate surface area is 115 Å². The van der Waals surface area contributed by atoms with Gasteiger partial charge in [-0.25, -0.2) is 0 Å². The SMILES string of the molecule is CC[C@H](CO)NCc1ccc(N2CCOCC2)cc1. The second kappa shape index (κ2) is 7.48. The van der Waals surface area contributed by atoms with Crippen LogP contribution in [0.15, 0.2) is 24.3 Å². The van der Waals surface area contributed by atoms with Crippen LogP contribution in [0.1, 0.15) is 18.9 Å². The van der Waals surface area contributed by atoms with Crippen molar-refractivity contribution in [3.8, 4) is 0 Å². The van der Waals surface area contributed by atoms with E-state index in [4.69, 9.17) is 9.84 Å². The highest BCUT2D eigenvalue weighted by Gasteiger charge is 2.10. The molecule has 1 saturated heterocycles. The molecule has 0 aromatic heterocycles. The topological polar surface area (TPSA) is 44.7 Å². The average Bonchev–Trinajstić information content (AvgIpc) is 2.50. The molecule has 106 valence electrons.